The quantitative estimate of drug-likeness (QED) is 0.400. The molecular weight excluding hydrogens is 382 g/mol. The first-order valence-electron chi connectivity index (χ1n) is 9.46. The summed E-state index contributed by atoms with van der Waals surface area (Å²) in [5.74, 6) is -1.17. The molecule has 1 aromatic carbocycles. The fourth-order valence-electron chi connectivity index (χ4n) is 3.51. The van der Waals surface area contributed by atoms with Gasteiger partial charge in [-0.15, -0.1) is 0 Å². The molecule has 0 bridgehead atoms. The van der Waals surface area contributed by atoms with Crippen molar-refractivity contribution >= 4 is 23.1 Å². The van der Waals surface area contributed by atoms with E-state index in [9.17, 15) is 14.7 Å². The van der Waals surface area contributed by atoms with Gasteiger partial charge in [0.05, 0.1) is 18.2 Å². The van der Waals surface area contributed by atoms with Gasteiger partial charge >= 0.3 is 0 Å². The molecule has 1 atom stereocenters. The van der Waals surface area contributed by atoms with Crippen LogP contribution in [0.3, 0.4) is 0 Å². The van der Waals surface area contributed by atoms with Crippen molar-refractivity contribution in [3.63, 3.8) is 0 Å². The van der Waals surface area contributed by atoms with Gasteiger partial charge in [0, 0.05) is 42.1 Å². The maximum atomic E-state index is 13.1. The highest BCUT2D eigenvalue weighted by Crippen LogP contribution is 2.42. The van der Waals surface area contributed by atoms with E-state index < -0.39 is 17.7 Å². The molecule has 1 amide bonds. The van der Waals surface area contributed by atoms with Crippen LogP contribution in [0.5, 0.6) is 5.75 Å². The van der Waals surface area contributed by atoms with Gasteiger partial charge in [0.15, 0.2) is 0 Å². The number of carbonyl (C=O) groups excluding carboxylic acids is 2. The molecule has 1 saturated heterocycles. The van der Waals surface area contributed by atoms with Crippen LogP contribution >= 0.6 is 0 Å². The van der Waals surface area contributed by atoms with Crippen molar-refractivity contribution in [2.75, 3.05) is 11.5 Å². The number of aliphatic hydroxyl groups is 1. The Hall–Kier alpha value is -4.00. The van der Waals surface area contributed by atoms with Gasteiger partial charge in [-0.2, -0.15) is 0 Å². The van der Waals surface area contributed by atoms with Crippen molar-refractivity contribution in [2.24, 2.45) is 0 Å². The van der Waals surface area contributed by atoms with Crippen LogP contribution in [0.2, 0.25) is 0 Å². The third kappa shape index (κ3) is 3.41. The van der Waals surface area contributed by atoms with Crippen molar-refractivity contribution in [1.29, 1.82) is 0 Å². The summed E-state index contributed by atoms with van der Waals surface area (Å²) in [6, 6.07) is 12.8. The van der Waals surface area contributed by atoms with E-state index >= 15 is 0 Å². The lowest BCUT2D eigenvalue weighted by Crippen LogP contribution is -2.29. The van der Waals surface area contributed by atoms with Crippen molar-refractivity contribution in [3.8, 4) is 5.75 Å². The summed E-state index contributed by atoms with van der Waals surface area (Å²) in [6.07, 6.45) is 6.20. The molecule has 7 heteroatoms. The molecule has 3 aromatic rings. The third-order valence-electron chi connectivity index (χ3n) is 4.81. The number of nitrogens with zero attached hydrogens (tertiary/aromatic N) is 3. The van der Waals surface area contributed by atoms with Crippen molar-refractivity contribution in [2.45, 2.75) is 13.0 Å². The Labute approximate surface area is 173 Å². The lowest BCUT2D eigenvalue weighted by molar-refractivity contribution is -0.132. The Kier molecular flexibility index (Phi) is 5.26. The number of ether oxygens (including phenoxy) is 1. The molecule has 1 aliphatic rings. The number of hydrogen-bond acceptors (Lipinski definition) is 6. The summed E-state index contributed by atoms with van der Waals surface area (Å²) in [7, 11) is 0. The van der Waals surface area contributed by atoms with E-state index in [4.69, 9.17) is 4.74 Å². The number of rotatable bonds is 5. The zero-order valence-electron chi connectivity index (χ0n) is 16.2. The van der Waals surface area contributed by atoms with Crippen LogP contribution in [0.1, 0.15) is 24.1 Å². The molecular formula is C23H19N3O4. The SMILES string of the molecule is CCOc1cccc(N2C(=O)C(=O)/C(=C(/O)c3ccncc3)C2c2cccnc2)c1. The van der Waals surface area contributed by atoms with Gasteiger partial charge in [-0.1, -0.05) is 12.1 Å². The summed E-state index contributed by atoms with van der Waals surface area (Å²) < 4.78 is 5.55. The number of benzene rings is 1. The largest absolute Gasteiger partial charge is 0.507 e. The highest BCUT2D eigenvalue weighted by atomic mass is 16.5. The van der Waals surface area contributed by atoms with E-state index in [0.29, 0.717) is 29.2 Å². The molecule has 7 nitrogen and oxygen atoms in total. The van der Waals surface area contributed by atoms with Crippen LogP contribution in [0.15, 0.2) is 78.9 Å². The fourth-order valence-corrected chi connectivity index (χ4v) is 3.51. The number of amides is 1. The predicted molar refractivity (Wildman–Crippen MR) is 111 cm³/mol. The van der Waals surface area contributed by atoms with Crippen LogP contribution in [0.25, 0.3) is 5.76 Å². The first kappa shape index (κ1) is 19.3. The average Bonchev–Trinajstić information content (AvgIpc) is 3.05. The zero-order chi connectivity index (χ0) is 21.1. The third-order valence-corrected chi connectivity index (χ3v) is 4.81. The second kappa shape index (κ2) is 8.16. The topological polar surface area (TPSA) is 92.6 Å². The molecule has 0 saturated carbocycles. The van der Waals surface area contributed by atoms with E-state index in [1.807, 2.05) is 6.92 Å². The molecule has 1 unspecified atom stereocenters. The Bertz CT molecular complexity index is 1110. The van der Waals surface area contributed by atoms with E-state index in [2.05, 4.69) is 9.97 Å². The molecule has 0 spiro atoms. The Morgan fingerprint density at radius 1 is 1.07 bits per heavy atom. The molecule has 1 fully saturated rings. The molecule has 0 radical (unpaired) electrons. The Morgan fingerprint density at radius 2 is 1.87 bits per heavy atom. The summed E-state index contributed by atoms with van der Waals surface area (Å²) in [6.45, 7) is 2.33. The minimum Gasteiger partial charge on any atom is -0.507 e. The number of aromatic nitrogens is 2. The molecule has 1 N–H and O–H groups in total. The lowest BCUT2D eigenvalue weighted by atomic mass is 9.96. The molecule has 2 aromatic heterocycles. The predicted octanol–water partition coefficient (Wildman–Crippen LogP) is 3.50. The normalized spacial score (nSPS) is 17.9. The van der Waals surface area contributed by atoms with Crippen LogP contribution in [-0.2, 0) is 9.59 Å². The molecule has 4 rings (SSSR count). The molecule has 3 heterocycles. The number of pyridine rings is 2. The van der Waals surface area contributed by atoms with Crippen molar-refractivity contribution in [1.82, 2.24) is 9.97 Å². The highest BCUT2D eigenvalue weighted by Gasteiger charge is 2.47. The monoisotopic (exact) mass is 401 g/mol. The van der Waals surface area contributed by atoms with Crippen LogP contribution in [0, 0.1) is 0 Å². The standard InChI is InChI=1S/C23H19N3O4/c1-2-30-18-7-3-6-17(13-18)26-20(16-5-4-10-25-14-16)19(22(28)23(26)29)21(27)15-8-11-24-12-9-15/h3-14,20,27H,2H2,1H3/b21-19+. The van der Waals surface area contributed by atoms with Gasteiger partial charge in [-0.05, 0) is 42.8 Å². The van der Waals surface area contributed by atoms with Gasteiger partial charge in [0.1, 0.15) is 11.5 Å². The molecule has 30 heavy (non-hydrogen) atoms. The van der Waals surface area contributed by atoms with Gasteiger partial charge < -0.3 is 9.84 Å². The molecule has 1 aliphatic heterocycles. The number of carbonyl (C=O) groups is 2. The number of anilines is 1. The number of Topliss-reactive ketones (excluding diaryl/α,β-unsaturated/α-hetero) is 1. The molecule has 0 aliphatic carbocycles. The maximum Gasteiger partial charge on any atom is 0.300 e. The summed E-state index contributed by atoms with van der Waals surface area (Å²) in [5.41, 5.74) is 1.50. The summed E-state index contributed by atoms with van der Waals surface area (Å²) >= 11 is 0. The van der Waals surface area contributed by atoms with Crippen LogP contribution < -0.4 is 9.64 Å². The van der Waals surface area contributed by atoms with Gasteiger partial charge in [-0.3, -0.25) is 24.5 Å². The highest BCUT2D eigenvalue weighted by molar-refractivity contribution is 6.51. The fraction of sp³-hybridized carbons (Fsp3) is 0.130. The number of hydrogen-bond donors (Lipinski definition) is 1. The van der Waals surface area contributed by atoms with Gasteiger partial charge in [0.2, 0.25) is 0 Å². The summed E-state index contributed by atoms with van der Waals surface area (Å²) in [5, 5.41) is 11.0. The second-order valence-electron chi connectivity index (χ2n) is 6.62. The van der Waals surface area contributed by atoms with Crippen molar-refractivity contribution < 1.29 is 19.4 Å². The van der Waals surface area contributed by atoms with Gasteiger partial charge in [-0.25, -0.2) is 0 Å². The number of aliphatic hydroxyl groups excluding tert-OH is 1. The second-order valence-corrected chi connectivity index (χ2v) is 6.62. The maximum absolute atomic E-state index is 13.1. The minimum atomic E-state index is -0.830. The number of ketones is 1. The first-order valence-corrected chi connectivity index (χ1v) is 9.46. The van der Waals surface area contributed by atoms with Crippen molar-refractivity contribution in [3.05, 3.63) is 90.0 Å². The van der Waals surface area contributed by atoms with E-state index in [1.54, 1.807) is 60.9 Å². The van der Waals surface area contributed by atoms with Crippen LogP contribution in [0.4, 0.5) is 5.69 Å². The Balaban J connectivity index is 1.91. The Morgan fingerprint density at radius 3 is 2.57 bits per heavy atom. The lowest BCUT2D eigenvalue weighted by Gasteiger charge is -2.25. The van der Waals surface area contributed by atoms with E-state index in [1.165, 1.54) is 17.3 Å². The van der Waals surface area contributed by atoms with Crippen LogP contribution in [-0.4, -0.2) is 33.4 Å². The van der Waals surface area contributed by atoms with E-state index in [-0.39, 0.29) is 11.3 Å². The zero-order valence-corrected chi connectivity index (χ0v) is 16.2. The first-order chi connectivity index (χ1) is 14.6. The van der Waals surface area contributed by atoms with E-state index in [0.717, 1.165) is 0 Å². The smallest absolute Gasteiger partial charge is 0.300 e. The minimum absolute atomic E-state index is 0.000938. The summed E-state index contributed by atoms with van der Waals surface area (Å²) in [4.78, 5) is 35.5. The molecule has 150 valence electrons. The average molecular weight is 401 g/mol. The van der Waals surface area contributed by atoms with Gasteiger partial charge in [0.25, 0.3) is 11.7 Å².